The summed E-state index contributed by atoms with van der Waals surface area (Å²) in [5.41, 5.74) is 12.6. The van der Waals surface area contributed by atoms with Gasteiger partial charge < -0.3 is 16.8 Å². The SMILES string of the molecule is CC=NC(C#Cc1ccnc(NC(=O)Cc2ccc(F)cc2)c1)=C(N)N. The predicted octanol–water partition coefficient (Wildman–Crippen LogP) is 1.93. The molecule has 0 radical (unpaired) electrons. The van der Waals surface area contributed by atoms with Crippen LogP contribution in [0.5, 0.6) is 0 Å². The molecule has 1 aromatic carbocycles. The van der Waals surface area contributed by atoms with Crippen molar-refractivity contribution in [3.8, 4) is 11.8 Å². The van der Waals surface area contributed by atoms with Gasteiger partial charge in [0.15, 0.2) is 5.70 Å². The number of hydrogen-bond acceptors (Lipinski definition) is 5. The van der Waals surface area contributed by atoms with Crippen molar-refractivity contribution in [1.29, 1.82) is 0 Å². The number of nitrogens with one attached hydrogen (secondary N) is 1. The van der Waals surface area contributed by atoms with Crippen molar-refractivity contribution < 1.29 is 9.18 Å². The molecule has 1 amide bonds. The number of amides is 1. The van der Waals surface area contributed by atoms with Gasteiger partial charge in [-0.2, -0.15) is 0 Å². The Kier molecular flexibility index (Phi) is 6.46. The minimum atomic E-state index is -0.346. The molecular weight excluding hydrogens is 333 g/mol. The monoisotopic (exact) mass is 351 g/mol. The summed E-state index contributed by atoms with van der Waals surface area (Å²) in [5, 5.41) is 2.68. The summed E-state index contributed by atoms with van der Waals surface area (Å²) in [6.07, 6.45) is 3.17. The molecule has 0 bridgehead atoms. The quantitative estimate of drug-likeness (QED) is 0.578. The number of allylic oxidation sites excluding steroid dienone is 1. The van der Waals surface area contributed by atoms with Crippen molar-refractivity contribution in [2.75, 3.05) is 5.32 Å². The molecule has 0 fully saturated rings. The van der Waals surface area contributed by atoms with Crippen LogP contribution in [0.1, 0.15) is 18.1 Å². The first-order valence-electron chi connectivity index (χ1n) is 7.74. The number of nitrogens with two attached hydrogens (primary N) is 2. The van der Waals surface area contributed by atoms with Crippen molar-refractivity contribution in [2.24, 2.45) is 16.5 Å². The van der Waals surface area contributed by atoms with Crippen LogP contribution in [0, 0.1) is 17.7 Å². The van der Waals surface area contributed by atoms with Gasteiger partial charge in [-0.05, 0) is 42.7 Å². The number of aromatic nitrogens is 1. The van der Waals surface area contributed by atoms with E-state index in [4.69, 9.17) is 11.5 Å². The van der Waals surface area contributed by atoms with Gasteiger partial charge >= 0.3 is 0 Å². The van der Waals surface area contributed by atoms with Crippen molar-refractivity contribution in [3.63, 3.8) is 0 Å². The Morgan fingerprint density at radius 3 is 2.69 bits per heavy atom. The number of carbonyl (C=O) groups is 1. The van der Waals surface area contributed by atoms with E-state index in [9.17, 15) is 9.18 Å². The highest BCUT2D eigenvalue weighted by Crippen LogP contribution is 2.09. The van der Waals surface area contributed by atoms with E-state index in [2.05, 4.69) is 27.1 Å². The first-order valence-corrected chi connectivity index (χ1v) is 7.74. The number of carbonyl (C=O) groups excluding carboxylic acids is 1. The van der Waals surface area contributed by atoms with E-state index in [1.165, 1.54) is 24.5 Å². The van der Waals surface area contributed by atoms with Crippen LogP contribution in [-0.2, 0) is 11.2 Å². The summed E-state index contributed by atoms with van der Waals surface area (Å²) in [6.45, 7) is 1.73. The molecule has 0 spiro atoms. The van der Waals surface area contributed by atoms with E-state index < -0.39 is 0 Å². The molecule has 6 nitrogen and oxygen atoms in total. The maximum atomic E-state index is 12.9. The number of halogens is 1. The standard InChI is InChI=1S/C19H18FN5O/c1-2-23-16(19(21)22)8-5-14-9-10-24-17(11-14)25-18(26)12-13-3-6-15(20)7-4-13/h2-4,6-7,9-11H,12,21-22H2,1H3,(H,24,25,26). The lowest BCUT2D eigenvalue weighted by atomic mass is 10.1. The zero-order valence-electron chi connectivity index (χ0n) is 14.2. The second-order valence-corrected chi connectivity index (χ2v) is 5.22. The van der Waals surface area contributed by atoms with Crippen molar-refractivity contribution in [3.05, 3.63) is 71.1 Å². The molecular formula is C19H18FN5O. The topological polar surface area (TPSA) is 106 Å². The lowest BCUT2D eigenvalue weighted by molar-refractivity contribution is -0.115. The van der Waals surface area contributed by atoms with Gasteiger partial charge in [0.2, 0.25) is 5.91 Å². The molecule has 0 aliphatic carbocycles. The van der Waals surface area contributed by atoms with Gasteiger partial charge in [-0.1, -0.05) is 18.1 Å². The van der Waals surface area contributed by atoms with Crippen LogP contribution in [0.3, 0.4) is 0 Å². The molecule has 26 heavy (non-hydrogen) atoms. The minimum absolute atomic E-state index is 0.0254. The molecule has 0 unspecified atom stereocenters. The van der Waals surface area contributed by atoms with E-state index in [1.54, 1.807) is 31.2 Å². The lowest BCUT2D eigenvalue weighted by Gasteiger charge is -2.05. The molecule has 7 heteroatoms. The summed E-state index contributed by atoms with van der Waals surface area (Å²) in [4.78, 5) is 20.1. The fourth-order valence-corrected chi connectivity index (χ4v) is 1.99. The van der Waals surface area contributed by atoms with Crippen LogP contribution in [0.15, 0.2) is 59.1 Å². The number of benzene rings is 1. The van der Waals surface area contributed by atoms with Crippen LogP contribution in [0.25, 0.3) is 0 Å². The highest BCUT2D eigenvalue weighted by Gasteiger charge is 2.05. The molecule has 1 aromatic heterocycles. The summed E-state index contributed by atoms with van der Waals surface area (Å²) < 4.78 is 12.9. The summed E-state index contributed by atoms with van der Waals surface area (Å²) in [6, 6.07) is 9.04. The van der Waals surface area contributed by atoms with Gasteiger partial charge in [-0.25, -0.2) is 14.4 Å². The Hall–Kier alpha value is -3.66. The second-order valence-electron chi connectivity index (χ2n) is 5.22. The number of rotatable bonds is 4. The summed E-state index contributed by atoms with van der Waals surface area (Å²) >= 11 is 0. The molecule has 2 rings (SSSR count). The van der Waals surface area contributed by atoms with E-state index in [-0.39, 0.29) is 29.7 Å². The Morgan fingerprint density at radius 2 is 2.04 bits per heavy atom. The molecule has 0 atom stereocenters. The van der Waals surface area contributed by atoms with Crippen molar-refractivity contribution in [2.45, 2.75) is 13.3 Å². The number of pyridine rings is 1. The lowest BCUT2D eigenvalue weighted by Crippen LogP contribution is -2.15. The Morgan fingerprint density at radius 1 is 1.31 bits per heavy atom. The normalized spacial score (nSPS) is 10.1. The summed E-state index contributed by atoms with van der Waals surface area (Å²) in [7, 11) is 0. The van der Waals surface area contributed by atoms with Crippen molar-refractivity contribution in [1.82, 2.24) is 4.98 Å². The van der Waals surface area contributed by atoms with Crippen LogP contribution in [0.2, 0.25) is 0 Å². The Balaban J connectivity index is 2.08. The highest BCUT2D eigenvalue weighted by molar-refractivity contribution is 5.91. The zero-order valence-corrected chi connectivity index (χ0v) is 14.2. The van der Waals surface area contributed by atoms with Gasteiger partial charge in [0.1, 0.15) is 17.5 Å². The maximum absolute atomic E-state index is 12.9. The van der Waals surface area contributed by atoms with Crippen LogP contribution >= 0.6 is 0 Å². The predicted molar refractivity (Wildman–Crippen MR) is 99.4 cm³/mol. The third-order valence-electron chi connectivity index (χ3n) is 3.16. The van der Waals surface area contributed by atoms with Gasteiger partial charge in [-0.15, -0.1) is 0 Å². The van der Waals surface area contributed by atoms with Crippen LogP contribution < -0.4 is 16.8 Å². The van der Waals surface area contributed by atoms with Crippen LogP contribution in [-0.4, -0.2) is 17.1 Å². The number of hydrogen-bond donors (Lipinski definition) is 3. The van der Waals surface area contributed by atoms with Gasteiger partial charge in [-0.3, -0.25) is 4.79 Å². The number of aliphatic imine (C=N–C) groups is 1. The van der Waals surface area contributed by atoms with Gasteiger partial charge in [0.25, 0.3) is 0 Å². The van der Waals surface area contributed by atoms with E-state index in [0.717, 1.165) is 0 Å². The average molecular weight is 351 g/mol. The Labute approximate surface area is 150 Å². The number of nitrogens with zero attached hydrogens (tertiary/aromatic N) is 2. The molecule has 2 aromatic rings. The molecule has 0 aliphatic rings. The fourth-order valence-electron chi connectivity index (χ4n) is 1.99. The van der Waals surface area contributed by atoms with Gasteiger partial charge in [0.05, 0.1) is 6.42 Å². The fraction of sp³-hybridized carbons (Fsp3) is 0.105. The summed E-state index contributed by atoms with van der Waals surface area (Å²) in [5.74, 6) is 5.40. The minimum Gasteiger partial charge on any atom is -0.383 e. The average Bonchev–Trinajstić information content (AvgIpc) is 2.60. The molecule has 0 aliphatic heterocycles. The molecule has 5 N–H and O–H groups in total. The second kappa shape index (κ2) is 8.99. The number of anilines is 1. The third-order valence-corrected chi connectivity index (χ3v) is 3.16. The zero-order chi connectivity index (χ0) is 18.9. The molecule has 0 saturated carbocycles. The highest BCUT2D eigenvalue weighted by atomic mass is 19.1. The molecule has 0 saturated heterocycles. The van der Waals surface area contributed by atoms with E-state index in [0.29, 0.717) is 16.9 Å². The third kappa shape index (κ3) is 5.76. The molecule has 132 valence electrons. The van der Waals surface area contributed by atoms with Crippen molar-refractivity contribution >= 4 is 17.9 Å². The van der Waals surface area contributed by atoms with Gasteiger partial charge in [0, 0.05) is 18.0 Å². The van der Waals surface area contributed by atoms with Crippen LogP contribution in [0.4, 0.5) is 10.2 Å². The molecule has 1 heterocycles. The smallest absolute Gasteiger partial charge is 0.229 e. The largest absolute Gasteiger partial charge is 0.383 e. The van der Waals surface area contributed by atoms with E-state index >= 15 is 0 Å². The first-order chi connectivity index (χ1) is 12.5. The Bertz CT molecular complexity index is 904. The first kappa shape index (κ1) is 18.7. The van der Waals surface area contributed by atoms with E-state index in [1.807, 2.05) is 0 Å². The maximum Gasteiger partial charge on any atom is 0.229 e.